The predicted molar refractivity (Wildman–Crippen MR) is 169 cm³/mol. The van der Waals surface area contributed by atoms with E-state index in [-0.39, 0.29) is 22.9 Å². The number of carboxylic acids is 1. The van der Waals surface area contributed by atoms with Crippen LogP contribution in [0.5, 0.6) is 11.5 Å². The summed E-state index contributed by atoms with van der Waals surface area (Å²) < 4.78 is 5.19. The van der Waals surface area contributed by atoms with E-state index in [9.17, 15) is 29.4 Å². The van der Waals surface area contributed by atoms with Crippen molar-refractivity contribution in [2.45, 2.75) is 17.1 Å². The molecule has 0 fully saturated rings. The second kappa shape index (κ2) is 14.6. The molecule has 3 amide bonds. The minimum atomic E-state index is -1.31. The summed E-state index contributed by atoms with van der Waals surface area (Å²) in [5, 5.41) is 26.4. The smallest absolute Gasteiger partial charge is 0.339 e. The molecular formula is C33H29N3O7S. The van der Waals surface area contributed by atoms with E-state index < -0.39 is 28.8 Å². The van der Waals surface area contributed by atoms with Gasteiger partial charge in [0.25, 0.3) is 11.8 Å². The Bertz CT molecular complexity index is 1690. The number of carboxylic acid groups (broad SMARTS) is 1. The number of phenols is 1. The quantitative estimate of drug-likeness (QED) is 0.0831. The first-order chi connectivity index (χ1) is 21.1. The lowest BCUT2D eigenvalue weighted by Crippen LogP contribution is -2.30. The Morgan fingerprint density at radius 1 is 0.841 bits per heavy atom. The number of anilines is 2. The molecule has 4 aromatic rings. The highest BCUT2D eigenvalue weighted by atomic mass is 32.2. The van der Waals surface area contributed by atoms with Crippen LogP contribution in [0.4, 0.5) is 11.4 Å². The number of hydrogen-bond acceptors (Lipinski definition) is 7. The zero-order valence-corrected chi connectivity index (χ0v) is 24.6. The van der Waals surface area contributed by atoms with E-state index in [1.165, 1.54) is 30.0 Å². The standard InChI is InChI=1S/C33H29N3O7S/c1-20(30(38)35-24-12-17-29(37)27(19-24)33(41)42)44-26-15-10-23(11-16-26)34-32(40)28(18-21-8-13-25(43-2)14-9-21)36-31(39)22-6-4-3-5-7-22/h3-20,37H,1-2H3,(H,34,40)(H,35,38)(H,36,39)(H,41,42)/b28-18-. The third-order valence-electron chi connectivity index (χ3n) is 6.24. The molecule has 10 nitrogen and oxygen atoms in total. The van der Waals surface area contributed by atoms with Gasteiger partial charge in [-0.25, -0.2) is 4.79 Å². The van der Waals surface area contributed by atoms with Crippen LogP contribution in [-0.2, 0) is 9.59 Å². The van der Waals surface area contributed by atoms with Crippen LogP contribution in [-0.4, -0.2) is 46.3 Å². The number of nitrogens with one attached hydrogen (secondary N) is 3. The van der Waals surface area contributed by atoms with Crippen molar-refractivity contribution in [3.8, 4) is 11.5 Å². The van der Waals surface area contributed by atoms with Gasteiger partial charge in [-0.05, 0) is 85.3 Å². The molecule has 0 saturated carbocycles. The fourth-order valence-electron chi connectivity index (χ4n) is 3.91. The van der Waals surface area contributed by atoms with Gasteiger partial charge in [-0.1, -0.05) is 30.3 Å². The van der Waals surface area contributed by atoms with Crippen LogP contribution in [0.15, 0.2) is 108 Å². The first kappa shape index (κ1) is 31.4. The number of benzene rings is 4. The number of carbonyl (C=O) groups excluding carboxylic acids is 3. The van der Waals surface area contributed by atoms with Gasteiger partial charge in [0.1, 0.15) is 22.8 Å². The van der Waals surface area contributed by atoms with E-state index in [1.807, 2.05) is 0 Å². The summed E-state index contributed by atoms with van der Waals surface area (Å²) in [6.45, 7) is 1.69. The Kier molecular flexibility index (Phi) is 10.4. The Labute approximate surface area is 257 Å². The number of aromatic hydroxyl groups is 1. The number of ether oxygens (including phenoxy) is 1. The fraction of sp³-hybridized carbons (Fsp3) is 0.0909. The zero-order chi connectivity index (χ0) is 31.6. The number of aromatic carboxylic acids is 1. The first-order valence-electron chi connectivity index (χ1n) is 13.3. The van der Waals surface area contributed by atoms with E-state index >= 15 is 0 Å². The van der Waals surface area contributed by atoms with Crippen LogP contribution in [0.3, 0.4) is 0 Å². The van der Waals surface area contributed by atoms with Gasteiger partial charge in [-0.15, -0.1) is 11.8 Å². The number of methoxy groups -OCH3 is 1. The second-order valence-corrected chi connectivity index (χ2v) is 10.8. The Balaban J connectivity index is 1.43. The number of rotatable bonds is 11. The van der Waals surface area contributed by atoms with Gasteiger partial charge in [-0.2, -0.15) is 0 Å². The molecule has 0 spiro atoms. The molecule has 0 heterocycles. The summed E-state index contributed by atoms with van der Waals surface area (Å²) in [7, 11) is 1.55. The highest BCUT2D eigenvalue weighted by Gasteiger charge is 2.18. The van der Waals surface area contributed by atoms with Crippen molar-refractivity contribution in [3.63, 3.8) is 0 Å². The molecule has 0 aromatic heterocycles. The molecule has 1 unspecified atom stereocenters. The summed E-state index contributed by atoms with van der Waals surface area (Å²) in [5.74, 6) is -2.39. The van der Waals surface area contributed by atoms with Gasteiger partial charge in [0.2, 0.25) is 5.91 Å². The van der Waals surface area contributed by atoms with Crippen LogP contribution in [0.1, 0.15) is 33.2 Å². The van der Waals surface area contributed by atoms with Crippen molar-refractivity contribution in [3.05, 3.63) is 119 Å². The average Bonchev–Trinajstić information content (AvgIpc) is 3.03. The number of hydrogen-bond donors (Lipinski definition) is 5. The molecule has 0 saturated heterocycles. The van der Waals surface area contributed by atoms with Gasteiger partial charge in [0, 0.05) is 21.8 Å². The van der Waals surface area contributed by atoms with E-state index in [4.69, 9.17) is 4.74 Å². The SMILES string of the molecule is COc1ccc(/C=C(\NC(=O)c2ccccc2)C(=O)Nc2ccc(SC(C)C(=O)Nc3ccc(O)c(C(=O)O)c3)cc2)cc1. The molecule has 0 radical (unpaired) electrons. The Hall–Kier alpha value is -5.55. The monoisotopic (exact) mass is 611 g/mol. The molecular weight excluding hydrogens is 582 g/mol. The predicted octanol–water partition coefficient (Wildman–Crippen LogP) is 5.63. The summed E-state index contributed by atoms with van der Waals surface area (Å²) in [4.78, 5) is 50.8. The molecule has 44 heavy (non-hydrogen) atoms. The van der Waals surface area contributed by atoms with Crippen molar-refractivity contribution in [2.24, 2.45) is 0 Å². The van der Waals surface area contributed by atoms with Gasteiger partial charge in [0.15, 0.2) is 0 Å². The second-order valence-electron chi connectivity index (χ2n) is 9.42. The Morgan fingerprint density at radius 3 is 2.14 bits per heavy atom. The van der Waals surface area contributed by atoms with Crippen molar-refractivity contribution in [1.29, 1.82) is 0 Å². The summed E-state index contributed by atoms with van der Waals surface area (Å²) in [6.07, 6.45) is 1.56. The Morgan fingerprint density at radius 2 is 1.50 bits per heavy atom. The van der Waals surface area contributed by atoms with Crippen LogP contribution >= 0.6 is 11.8 Å². The third-order valence-corrected chi connectivity index (χ3v) is 7.36. The van der Waals surface area contributed by atoms with Crippen LogP contribution < -0.4 is 20.7 Å². The van der Waals surface area contributed by atoms with E-state index in [0.29, 0.717) is 22.6 Å². The van der Waals surface area contributed by atoms with E-state index in [2.05, 4.69) is 16.0 Å². The van der Waals surface area contributed by atoms with Crippen molar-refractivity contribution >= 4 is 52.9 Å². The van der Waals surface area contributed by atoms with Gasteiger partial charge < -0.3 is 30.9 Å². The van der Waals surface area contributed by atoms with E-state index in [1.54, 1.807) is 99.0 Å². The molecule has 1 atom stereocenters. The topological polar surface area (TPSA) is 154 Å². The van der Waals surface area contributed by atoms with E-state index in [0.717, 1.165) is 4.90 Å². The minimum Gasteiger partial charge on any atom is -0.507 e. The molecule has 224 valence electrons. The molecule has 5 N–H and O–H groups in total. The molecule has 4 rings (SSSR count). The number of amides is 3. The minimum absolute atomic E-state index is 0.0352. The zero-order valence-electron chi connectivity index (χ0n) is 23.7. The van der Waals surface area contributed by atoms with Crippen LogP contribution in [0, 0.1) is 0 Å². The summed E-state index contributed by atoms with van der Waals surface area (Å²) in [6, 6.07) is 26.2. The maximum Gasteiger partial charge on any atom is 0.339 e. The lowest BCUT2D eigenvalue weighted by atomic mass is 10.1. The first-order valence-corrected chi connectivity index (χ1v) is 14.2. The van der Waals surface area contributed by atoms with Crippen molar-refractivity contribution in [2.75, 3.05) is 17.7 Å². The number of thioether (sulfide) groups is 1. The fourth-order valence-corrected chi connectivity index (χ4v) is 4.78. The highest BCUT2D eigenvalue weighted by Crippen LogP contribution is 2.27. The lowest BCUT2D eigenvalue weighted by molar-refractivity contribution is -0.115. The van der Waals surface area contributed by atoms with Gasteiger partial charge in [-0.3, -0.25) is 14.4 Å². The molecule has 4 aromatic carbocycles. The van der Waals surface area contributed by atoms with Crippen LogP contribution in [0.2, 0.25) is 0 Å². The molecule has 11 heteroatoms. The summed E-state index contributed by atoms with van der Waals surface area (Å²) >= 11 is 1.26. The largest absolute Gasteiger partial charge is 0.507 e. The van der Waals surface area contributed by atoms with Crippen LogP contribution in [0.25, 0.3) is 6.08 Å². The highest BCUT2D eigenvalue weighted by molar-refractivity contribution is 8.00. The maximum absolute atomic E-state index is 13.3. The number of carbonyl (C=O) groups is 4. The lowest BCUT2D eigenvalue weighted by Gasteiger charge is -2.14. The average molecular weight is 612 g/mol. The van der Waals surface area contributed by atoms with Crippen molar-refractivity contribution in [1.82, 2.24) is 5.32 Å². The third kappa shape index (κ3) is 8.49. The van der Waals surface area contributed by atoms with Crippen molar-refractivity contribution < 1.29 is 34.1 Å². The van der Waals surface area contributed by atoms with Gasteiger partial charge in [0.05, 0.1) is 12.4 Å². The molecule has 0 aliphatic heterocycles. The molecule has 0 aliphatic carbocycles. The van der Waals surface area contributed by atoms with Gasteiger partial charge >= 0.3 is 5.97 Å². The summed E-state index contributed by atoms with van der Waals surface area (Å²) in [5.41, 5.74) is 1.50. The normalized spacial score (nSPS) is 11.6. The maximum atomic E-state index is 13.3. The molecule has 0 bridgehead atoms. The molecule has 0 aliphatic rings.